The zero-order chi connectivity index (χ0) is 20.2. The van der Waals surface area contributed by atoms with Gasteiger partial charge in [0, 0.05) is 31.2 Å². The maximum absolute atomic E-state index is 13.0. The highest BCUT2D eigenvalue weighted by Crippen LogP contribution is 2.25. The molecule has 0 bridgehead atoms. The molecule has 144 valence electrons. The number of ketones is 1. The normalized spacial score (nSPS) is 11.1. The largest absolute Gasteiger partial charge is 0.497 e. The zero-order valence-corrected chi connectivity index (χ0v) is 16.3. The molecule has 2 heterocycles. The van der Waals surface area contributed by atoms with E-state index in [1.807, 2.05) is 84.7 Å². The molecule has 29 heavy (non-hydrogen) atoms. The zero-order valence-electron chi connectivity index (χ0n) is 16.3. The summed E-state index contributed by atoms with van der Waals surface area (Å²) >= 11 is 0. The summed E-state index contributed by atoms with van der Waals surface area (Å²) in [6.45, 7) is 0. The van der Waals surface area contributed by atoms with Crippen molar-refractivity contribution in [1.82, 2.24) is 14.3 Å². The smallest absolute Gasteiger partial charge is 0.189 e. The van der Waals surface area contributed by atoms with E-state index in [9.17, 15) is 4.79 Å². The molecule has 0 fully saturated rings. The summed E-state index contributed by atoms with van der Waals surface area (Å²) in [6, 6.07) is 19.3. The average Bonchev–Trinajstić information content (AvgIpc) is 3.39. The summed E-state index contributed by atoms with van der Waals surface area (Å²) in [5.41, 5.74) is 3.96. The van der Waals surface area contributed by atoms with Crippen LogP contribution in [-0.4, -0.2) is 27.2 Å². The van der Waals surface area contributed by atoms with Crippen LogP contribution in [0.25, 0.3) is 23.0 Å². The Labute approximate surface area is 169 Å². The lowest BCUT2D eigenvalue weighted by atomic mass is 10.1. The molecule has 4 aromatic rings. The van der Waals surface area contributed by atoms with E-state index in [0.717, 1.165) is 22.6 Å². The molecule has 0 spiro atoms. The number of para-hydroxylation sites is 1. The van der Waals surface area contributed by atoms with Crippen molar-refractivity contribution in [2.75, 3.05) is 7.11 Å². The first-order chi connectivity index (χ1) is 14.1. The molecule has 0 radical (unpaired) electrons. The van der Waals surface area contributed by atoms with Gasteiger partial charge in [0.25, 0.3) is 0 Å². The molecule has 0 aliphatic rings. The number of hydrogen-bond donors (Lipinski definition) is 0. The second kappa shape index (κ2) is 8.02. The van der Waals surface area contributed by atoms with E-state index in [2.05, 4.69) is 0 Å². The molecule has 2 aromatic heterocycles. The fourth-order valence-electron chi connectivity index (χ4n) is 3.10. The van der Waals surface area contributed by atoms with E-state index in [-0.39, 0.29) is 5.78 Å². The van der Waals surface area contributed by atoms with Crippen LogP contribution in [0.3, 0.4) is 0 Å². The van der Waals surface area contributed by atoms with Crippen LogP contribution < -0.4 is 4.74 Å². The average molecular weight is 383 g/mol. The molecular formula is C24H21N3O2. The predicted octanol–water partition coefficient (Wildman–Crippen LogP) is 4.78. The van der Waals surface area contributed by atoms with E-state index in [4.69, 9.17) is 9.84 Å². The molecule has 0 amide bonds. The highest BCUT2D eigenvalue weighted by Gasteiger charge is 2.17. The van der Waals surface area contributed by atoms with Crippen molar-refractivity contribution >= 4 is 11.9 Å². The van der Waals surface area contributed by atoms with Gasteiger partial charge in [-0.1, -0.05) is 36.4 Å². The number of nitrogens with zero attached hydrogens (tertiary/aromatic N) is 3. The Bertz CT molecular complexity index is 1150. The Morgan fingerprint density at radius 2 is 1.76 bits per heavy atom. The maximum atomic E-state index is 13.0. The summed E-state index contributed by atoms with van der Waals surface area (Å²) in [5.74, 6) is 0.686. The number of hydrogen-bond acceptors (Lipinski definition) is 3. The third kappa shape index (κ3) is 4.04. The molecule has 2 aromatic carbocycles. The Balaban J connectivity index is 1.69. The van der Waals surface area contributed by atoms with Crippen molar-refractivity contribution in [3.8, 4) is 22.7 Å². The number of aromatic nitrogens is 3. The van der Waals surface area contributed by atoms with Crippen LogP contribution in [0.5, 0.6) is 5.75 Å². The number of rotatable bonds is 6. The van der Waals surface area contributed by atoms with Crippen molar-refractivity contribution < 1.29 is 9.53 Å². The second-order valence-corrected chi connectivity index (χ2v) is 6.71. The number of carbonyl (C=O) groups excluding carboxylic acids is 1. The summed E-state index contributed by atoms with van der Waals surface area (Å²) in [7, 11) is 3.58. The molecular weight excluding hydrogens is 362 g/mol. The highest BCUT2D eigenvalue weighted by molar-refractivity contribution is 6.10. The summed E-state index contributed by atoms with van der Waals surface area (Å²) < 4.78 is 8.86. The van der Waals surface area contributed by atoms with Crippen LogP contribution in [0.15, 0.2) is 85.3 Å². The van der Waals surface area contributed by atoms with Gasteiger partial charge in [-0.05, 0) is 42.0 Å². The highest BCUT2D eigenvalue weighted by atomic mass is 16.5. The number of ether oxygens (including phenoxy) is 1. The fraction of sp³-hybridized carbons (Fsp3) is 0.0833. The quantitative estimate of drug-likeness (QED) is 0.356. The van der Waals surface area contributed by atoms with E-state index in [1.54, 1.807) is 30.1 Å². The minimum absolute atomic E-state index is 0.0955. The van der Waals surface area contributed by atoms with Crippen LogP contribution >= 0.6 is 0 Å². The van der Waals surface area contributed by atoms with Crippen LogP contribution in [0.4, 0.5) is 0 Å². The minimum Gasteiger partial charge on any atom is -0.497 e. The molecule has 0 unspecified atom stereocenters. The third-order valence-electron chi connectivity index (χ3n) is 4.65. The van der Waals surface area contributed by atoms with E-state index < -0.39 is 0 Å². The van der Waals surface area contributed by atoms with Gasteiger partial charge in [-0.25, -0.2) is 4.68 Å². The van der Waals surface area contributed by atoms with Crippen LogP contribution in [-0.2, 0) is 7.05 Å². The van der Waals surface area contributed by atoms with E-state index in [0.29, 0.717) is 11.3 Å². The molecule has 5 heteroatoms. The maximum Gasteiger partial charge on any atom is 0.189 e. The Hall–Kier alpha value is -3.86. The first kappa shape index (κ1) is 18.5. The Morgan fingerprint density at radius 1 is 1.00 bits per heavy atom. The van der Waals surface area contributed by atoms with Crippen LogP contribution in [0, 0.1) is 0 Å². The number of allylic oxidation sites excluding steroid dienone is 1. The SMILES string of the molecule is COc1ccc(C=CC(=O)c2cn(-c3ccccc3)nc2-c2ccn(C)c2)cc1. The van der Waals surface area contributed by atoms with E-state index >= 15 is 0 Å². The van der Waals surface area contributed by atoms with Crippen LogP contribution in [0.1, 0.15) is 15.9 Å². The molecule has 0 saturated heterocycles. The topological polar surface area (TPSA) is 49.1 Å². The lowest BCUT2D eigenvalue weighted by Crippen LogP contribution is -1.95. The molecule has 5 nitrogen and oxygen atoms in total. The fourth-order valence-corrected chi connectivity index (χ4v) is 3.10. The number of benzene rings is 2. The first-order valence-corrected chi connectivity index (χ1v) is 9.28. The molecule has 0 aliphatic heterocycles. The van der Waals surface area contributed by atoms with Crippen molar-refractivity contribution in [2.24, 2.45) is 7.05 Å². The number of aryl methyl sites for hydroxylation is 1. The Kier molecular flexibility index (Phi) is 5.12. The molecule has 4 rings (SSSR count). The third-order valence-corrected chi connectivity index (χ3v) is 4.65. The van der Waals surface area contributed by atoms with Gasteiger partial charge in [-0.15, -0.1) is 0 Å². The van der Waals surface area contributed by atoms with Gasteiger partial charge in [0.1, 0.15) is 11.4 Å². The van der Waals surface area contributed by atoms with Crippen LogP contribution in [0.2, 0.25) is 0 Å². The van der Waals surface area contributed by atoms with Gasteiger partial charge in [0.2, 0.25) is 0 Å². The monoisotopic (exact) mass is 383 g/mol. The lowest BCUT2D eigenvalue weighted by Gasteiger charge is -1.99. The standard InChI is InChI=1S/C24H21N3O2/c1-26-15-14-19(16-26)24-22(17-27(25-24)20-6-4-3-5-7-20)23(28)13-10-18-8-11-21(29-2)12-9-18/h3-17H,1-2H3. The minimum atomic E-state index is -0.0955. The Morgan fingerprint density at radius 3 is 2.41 bits per heavy atom. The predicted molar refractivity (Wildman–Crippen MR) is 114 cm³/mol. The van der Waals surface area contributed by atoms with Gasteiger partial charge in [-0.2, -0.15) is 5.10 Å². The molecule has 0 atom stereocenters. The number of carbonyl (C=O) groups is 1. The second-order valence-electron chi connectivity index (χ2n) is 6.71. The van der Waals surface area contributed by atoms with Gasteiger partial charge in [0.15, 0.2) is 5.78 Å². The molecule has 0 saturated carbocycles. The lowest BCUT2D eigenvalue weighted by molar-refractivity contribution is 0.104. The molecule has 0 N–H and O–H groups in total. The van der Waals surface area contributed by atoms with E-state index in [1.165, 1.54) is 0 Å². The summed E-state index contributed by atoms with van der Waals surface area (Å²) in [4.78, 5) is 13.0. The van der Waals surface area contributed by atoms with Crippen molar-refractivity contribution in [2.45, 2.75) is 0 Å². The van der Waals surface area contributed by atoms with Crippen molar-refractivity contribution in [3.63, 3.8) is 0 Å². The van der Waals surface area contributed by atoms with Crippen molar-refractivity contribution in [1.29, 1.82) is 0 Å². The van der Waals surface area contributed by atoms with Gasteiger partial charge >= 0.3 is 0 Å². The summed E-state index contributed by atoms with van der Waals surface area (Å²) in [5, 5.41) is 4.69. The molecule has 0 aliphatic carbocycles. The van der Waals surface area contributed by atoms with Gasteiger partial charge in [0.05, 0.1) is 18.4 Å². The van der Waals surface area contributed by atoms with Gasteiger partial charge < -0.3 is 9.30 Å². The van der Waals surface area contributed by atoms with Gasteiger partial charge in [-0.3, -0.25) is 4.79 Å². The van der Waals surface area contributed by atoms with Crippen molar-refractivity contribution in [3.05, 3.63) is 96.5 Å². The number of methoxy groups -OCH3 is 1. The first-order valence-electron chi connectivity index (χ1n) is 9.28. The summed E-state index contributed by atoms with van der Waals surface area (Å²) in [6.07, 6.45) is 9.08.